The molecule has 3 unspecified atom stereocenters. The summed E-state index contributed by atoms with van der Waals surface area (Å²) in [6, 6.07) is 0.829. The minimum Gasteiger partial charge on any atom is -0.314 e. The highest BCUT2D eigenvalue weighted by molar-refractivity contribution is 4.88. The van der Waals surface area contributed by atoms with Gasteiger partial charge in [-0.25, -0.2) is 0 Å². The molecule has 1 aliphatic carbocycles. The summed E-state index contributed by atoms with van der Waals surface area (Å²) >= 11 is 0. The Morgan fingerprint density at radius 2 is 2.10 bits per heavy atom. The third-order valence-electron chi connectivity index (χ3n) is 2.81. The molecule has 1 heteroatoms. The van der Waals surface area contributed by atoms with Crippen LogP contribution in [0, 0.1) is 11.8 Å². The number of hydrogen-bond acceptors (Lipinski definition) is 1. The first-order valence-corrected chi connectivity index (χ1v) is 4.49. The normalized spacial score (nSPS) is 39.3. The molecule has 1 N–H and O–H groups in total. The first-order valence-electron chi connectivity index (χ1n) is 4.49. The molecular formula is C9H19N. The molecule has 0 heterocycles. The summed E-state index contributed by atoms with van der Waals surface area (Å²) in [5.74, 6) is 1.86. The molecule has 0 aromatic carbocycles. The van der Waals surface area contributed by atoms with Gasteiger partial charge in [0.15, 0.2) is 0 Å². The van der Waals surface area contributed by atoms with Crippen LogP contribution in [0.4, 0.5) is 0 Å². The standard InChI is InChI=1S/C9H19N/c1-4-5-10-9-6-7(2)8(9)3/h7-10H,4-6H2,1-3H3. The van der Waals surface area contributed by atoms with Gasteiger partial charge in [0.05, 0.1) is 0 Å². The Bertz CT molecular complexity index is 101. The topological polar surface area (TPSA) is 12.0 Å². The Kier molecular flexibility index (Phi) is 2.72. The van der Waals surface area contributed by atoms with E-state index < -0.39 is 0 Å². The number of nitrogens with one attached hydrogen (secondary N) is 1. The molecule has 0 spiro atoms. The van der Waals surface area contributed by atoms with E-state index in [1.165, 1.54) is 19.4 Å². The zero-order valence-electron chi connectivity index (χ0n) is 7.35. The second-order valence-corrected chi connectivity index (χ2v) is 3.63. The van der Waals surface area contributed by atoms with Crippen LogP contribution in [0.2, 0.25) is 0 Å². The number of rotatable bonds is 3. The minimum atomic E-state index is 0.829. The van der Waals surface area contributed by atoms with Crippen molar-refractivity contribution >= 4 is 0 Å². The van der Waals surface area contributed by atoms with Gasteiger partial charge in [0.25, 0.3) is 0 Å². The van der Waals surface area contributed by atoms with E-state index in [0.29, 0.717) is 0 Å². The molecule has 0 aromatic heterocycles. The van der Waals surface area contributed by atoms with Crippen molar-refractivity contribution in [3.8, 4) is 0 Å². The molecule has 0 aliphatic heterocycles. The van der Waals surface area contributed by atoms with E-state index in [4.69, 9.17) is 0 Å². The van der Waals surface area contributed by atoms with Gasteiger partial charge in [0.2, 0.25) is 0 Å². The van der Waals surface area contributed by atoms with E-state index in [0.717, 1.165) is 17.9 Å². The molecule has 0 bridgehead atoms. The molecule has 3 atom stereocenters. The van der Waals surface area contributed by atoms with Crippen molar-refractivity contribution in [2.45, 2.75) is 39.7 Å². The largest absolute Gasteiger partial charge is 0.314 e. The second-order valence-electron chi connectivity index (χ2n) is 3.63. The van der Waals surface area contributed by atoms with Crippen LogP contribution in [0.5, 0.6) is 0 Å². The van der Waals surface area contributed by atoms with E-state index in [-0.39, 0.29) is 0 Å². The van der Waals surface area contributed by atoms with E-state index in [1.54, 1.807) is 0 Å². The quantitative estimate of drug-likeness (QED) is 0.634. The Hall–Kier alpha value is -0.0400. The summed E-state index contributed by atoms with van der Waals surface area (Å²) < 4.78 is 0. The summed E-state index contributed by atoms with van der Waals surface area (Å²) in [6.07, 6.45) is 2.65. The van der Waals surface area contributed by atoms with Crippen LogP contribution in [-0.2, 0) is 0 Å². The van der Waals surface area contributed by atoms with E-state index in [1.807, 2.05) is 0 Å². The molecule has 1 fully saturated rings. The lowest BCUT2D eigenvalue weighted by Gasteiger charge is -2.41. The van der Waals surface area contributed by atoms with Crippen molar-refractivity contribution in [2.24, 2.45) is 11.8 Å². The summed E-state index contributed by atoms with van der Waals surface area (Å²) in [5.41, 5.74) is 0. The lowest BCUT2D eigenvalue weighted by Crippen LogP contribution is -2.48. The monoisotopic (exact) mass is 141 g/mol. The van der Waals surface area contributed by atoms with Gasteiger partial charge in [-0.1, -0.05) is 20.8 Å². The Balaban J connectivity index is 2.08. The van der Waals surface area contributed by atoms with Crippen molar-refractivity contribution in [1.82, 2.24) is 5.32 Å². The molecule has 10 heavy (non-hydrogen) atoms. The van der Waals surface area contributed by atoms with Gasteiger partial charge >= 0.3 is 0 Å². The zero-order chi connectivity index (χ0) is 7.56. The van der Waals surface area contributed by atoms with Crippen molar-refractivity contribution in [3.63, 3.8) is 0 Å². The number of hydrogen-bond donors (Lipinski definition) is 1. The Morgan fingerprint density at radius 1 is 1.40 bits per heavy atom. The maximum Gasteiger partial charge on any atom is 0.00978 e. The molecular weight excluding hydrogens is 122 g/mol. The van der Waals surface area contributed by atoms with Gasteiger partial charge < -0.3 is 5.32 Å². The maximum atomic E-state index is 3.55. The zero-order valence-corrected chi connectivity index (χ0v) is 7.35. The van der Waals surface area contributed by atoms with Crippen molar-refractivity contribution < 1.29 is 0 Å². The first kappa shape index (κ1) is 8.06. The highest BCUT2D eigenvalue weighted by atomic mass is 14.9. The van der Waals surface area contributed by atoms with Gasteiger partial charge in [-0.2, -0.15) is 0 Å². The summed E-state index contributed by atoms with van der Waals surface area (Å²) in [5, 5.41) is 3.55. The first-order chi connectivity index (χ1) is 4.75. The fourth-order valence-electron chi connectivity index (χ4n) is 1.63. The minimum absolute atomic E-state index is 0.829. The lowest BCUT2D eigenvalue weighted by atomic mass is 9.71. The fourth-order valence-corrected chi connectivity index (χ4v) is 1.63. The molecule has 1 saturated carbocycles. The van der Waals surface area contributed by atoms with Crippen LogP contribution in [0.3, 0.4) is 0 Å². The molecule has 0 aromatic rings. The van der Waals surface area contributed by atoms with E-state index >= 15 is 0 Å². The molecule has 1 rings (SSSR count). The van der Waals surface area contributed by atoms with Crippen LogP contribution in [0.15, 0.2) is 0 Å². The fraction of sp³-hybridized carbons (Fsp3) is 1.00. The molecule has 0 radical (unpaired) electrons. The van der Waals surface area contributed by atoms with Crippen LogP contribution >= 0.6 is 0 Å². The predicted molar refractivity (Wildman–Crippen MR) is 45.0 cm³/mol. The van der Waals surface area contributed by atoms with Crippen molar-refractivity contribution in [1.29, 1.82) is 0 Å². The van der Waals surface area contributed by atoms with Gasteiger partial charge in [-0.15, -0.1) is 0 Å². The molecule has 0 saturated heterocycles. The predicted octanol–water partition coefficient (Wildman–Crippen LogP) is 2.03. The van der Waals surface area contributed by atoms with Gasteiger partial charge in [-0.3, -0.25) is 0 Å². The third kappa shape index (κ3) is 1.51. The van der Waals surface area contributed by atoms with E-state index in [2.05, 4.69) is 26.1 Å². The van der Waals surface area contributed by atoms with Crippen LogP contribution in [0.1, 0.15) is 33.6 Å². The molecule has 1 aliphatic rings. The van der Waals surface area contributed by atoms with Crippen LogP contribution in [0.25, 0.3) is 0 Å². The van der Waals surface area contributed by atoms with Gasteiger partial charge in [0, 0.05) is 6.04 Å². The third-order valence-corrected chi connectivity index (χ3v) is 2.81. The summed E-state index contributed by atoms with van der Waals surface area (Å²) in [4.78, 5) is 0. The molecule has 0 amide bonds. The molecule has 1 nitrogen and oxygen atoms in total. The smallest absolute Gasteiger partial charge is 0.00978 e. The highest BCUT2D eigenvalue weighted by Gasteiger charge is 2.33. The van der Waals surface area contributed by atoms with Gasteiger partial charge in [-0.05, 0) is 31.2 Å². The average Bonchev–Trinajstić information content (AvgIpc) is 1.97. The van der Waals surface area contributed by atoms with Crippen LogP contribution in [-0.4, -0.2) is 12.6 Å². The Labute approximate surface area is 64.2 Å². The average molecular weight is 141 g/mol. The summed E-state index contributed by atoms with van der Waals surface area (Å²) in [6.45, 7) is 8.11. The SMILES string of the molecule is CCCNC1CC(C)C1C. The second kappa shape index (κ2) is 3.38. The Morgan fingerprint density at radius 3 is 2.50 bits per heavy atom. The van der Waals surface area contributed by atoms with Crippen molar-refractivity contribution in [3.05, 3.63) is 0 Å². The van der Waals surface area contributed by atoms with Crippen LogP contribution < -0.4 is 5.32 Å². The highest BCUT2D eigenvalue weighted by Crippen LogP contribution is 2.33. The summed E-state index contributed by atoms with van der Waals surface area (Å²) in [7, 11) is 0. The lowest BCUT2D eigenvalue weighted by molar-refractivity contribution is 0.138. The van der Waals surface area contributed by atoms with Crippen molar-refractivity contribution in [2.75, 3.05) is 6.54 Å². The van der Waals surface area contributed by atoms with E-state index in [9.17, 15) is 0 Å². The molecule has 60 valence electrons. The van der Waals surface area contributed by atoms with Gasteiger partial charge in [0.1, 0.15) is 0 Å². The maximum absolute atomic E-state index is 3.55.